The first kappa shape index (κ1) is 16.8. The maximum Gasteiger partial charge on any atom is 0.246 e. The zero-order valence-corrected chi connectivity index (χ0v) is 14.6. The number of aromatic nitrogens is 2. The van der Waals surface area contributed by atoms with E-state index in [4.69, 9.17) is 14.0 Å². The summed E-state index contributed by atoms with van der Waals surface area (Å²) in [6.07, 6.45) is 0. The van der Waals surface area contributed by atoms with Crippen LogP contribution in [0.15, 0.2) is 47.0 Å². The Bertz CT molecular complexity index is 828. The minimum Gasteiger partial charge on any atom is -0.495 e. The Hall–Kier alpha value is -3.02. The molecule has 3 aromatic rings. The van der Waals surface area contributed by atoms with Crippen LogP contribution in [0.5, 0.6) is 11.5 Å². The second kappa shape index (κ2) is 7.70. The predicted octanol–water partition coefficient (Wildman–Crippen LogP) is 4.06. The molecule has 1 aromatic heterocycles. The molecule has 0 saturated carbocycles. The summed E-state index contributed by atoms with van der Waals surface area (Å²) in [5.74, 6) is 2.66. The Morgan fingerprint density at radius 3 is 2.64 bits per heavy atom. The van der Waals surface area contributed by atoms with Gasteiger partial charge in [-0.25, -0.2) is 0 Å². The maximum absolute atomic E-state index is 5.43. The highest BCUT2D eigenvalue weighted by Crippen LogP contribution is 2.26. The average molecular weight is 339 g/mol. The van der Waals surface area contributed by atoms with Gasteiger partial charge in [0.15, 0.2) is 0 Å². The van der Waals surface area contributed by atoms with Gasteiger partial charge < -0.3 is 19.3 Å². The van der Waals surface area contributed by atoms with Gasteiger partial charge in [0.2, 0.25) is 11.7 Å². The number of nitrogens with zero attached hydrogens (tertiary/aromatic N) is 2. The maximum atomic E-state index is 5.43. The van der Waals surface area contributed by atoms with Gasteiger partial charge in [-0.1, -0.05) is 11.2 Å². The zero-order chi connectivity index (χ0) is 17.6. The summed E-state index contributed by atoms with van der Waals surface area (Å²) in [5, 5.41) is 7.31. The van der Waals surface area contributed by atoms with E-state index in [-0.39, 0.29) is 0 Å². The van der Waals surface area contributed by atoms with Crippen LogP contribution in [0.25, 0.3) is 11.4 Å². The molecule has 6 nitrogen and oxygen atoms in total. The fraction of sp³-hybridized carbons (Fsp3) is 0.263. The molecule has 0 amide bonds. The molecular formula is C19H21N3O3. The van der Waals surface area contributed by atoms with Gasteiger partial charge in [-0.3, -0.25) is 0 Å². The van der Waals surface area contributed by atoms with Gasteiger partial charge in [0, 0.05) is 5.56 Å². The monoisotopic (exact) mass is 339 g/mol. The Morgan fingerprint density at radius 2 is 1.92 bits per heavy atom. The zero-order valence-electron chi connectivity index (χ0n) is 14.6. The van der Waals surface area contributed by atoms with Crippen molar-refractivity contribution >= 4 is 5.69 Å². The molecule has 3 rings (SSSR count). The smallest absolute Gasteiger partial charge is 0.246 e. The van der Waals surface area contributed by atoms with Crippen LogP contribution >= 0.6 is 0 Å². The lowest BCUT2D eigenvalue weighted by atomic mass is 10.2. The van der Waals surface area contributed by atoms with Gasteiger partial charge in [0.05, 0.1) is 25.9 Å². The van der Waals surface area contributed by atoms with Gasteiger partial charge in [0.1, 0.15) is 11.5 Å². The normalized spacial score (nSPS) is 10.5. The van der Waals surface area contributed by atoms with E-state index in [9.17, 15) is 0 Å². The van der Waals surface area contributed by atoms with Crippen LogP contribution in [0.3, 0.4) is 0 Å². The van der Waals surface area contributed by atoms with Crippen LogP contribution in [0.4, 0.5) is 5.69 Å². The molecule has 130 valence electrons. The van der Waals surface area contributed by atoms with Gasteiger partial charge in [0.25, 0.3) is 0 Å². The number of hydrogen-bond acceptors (Lipinski definition) is 6. The Morgan fingerprint density at radius 1 is 1.12 bits per heavy atom. The van der Waals surface area contributed by atoms with E-state index < -0.39 is 0 Å². The van der Waals surface area contributed by atoms with Crippen LogP contribution in [0.1, 0.15) is 18.4 Å². The minimum absolute atomic E-state index is 0.420. The largest absolute Gasteiger partial charge is 0.495 e. The fourth-order valence-electron chi connectivity index (χ4n) is 2.44. The lowest BCUT2D eigenvalue weighted by Gasteiger charge is -2.10. The van der Waals surface area contributed by atoms with E-state index in [1.165, 1.54) is 0 Å². The summed E-state index contributed by atoms with van der Waals surface area (Å²) in [5.41, 5.74) is 2.92. The van der Waals surface area contributed by atoms with Gasteiger partial charge in [-0.15, -0.1) is 0 Å². The van der Waals surface area contributed by atoms with Crippen molar-refractivity contribution in [2.75, 3.05) is 19.0 Å². The van der Waals surface area contributed by atoms with Crippen LogP contribution < -0.4 is 14.8 Å². The number of benzene rings is 2. The van der Waals surface area contributed by atoms with Crippen molar-refractivity contribution in [1.29, 1.82) is 0 Å². The van der Waals surface area contributed by atoms with E-state index >= 15 is 0 Å². The molecule has 0 radical (unpaired) electrons. The molecule has 0 aliphatic heterocycles. The van der Waals surface area contributed by atoms with Gasteiger partial charge >= 0.3 is 0 Å². The number of nitrogens with one attached hydrogen (secondary N) is 1. The summed E-state index contributed by atoms with van der Waals surface area (Å²) in [7, 11) is 1.65. The number of methoxy groups -OCH3 is 1. The van der Waals surface area contributed by atoms with Crippen LogP contribution in [-0.2, 0) is 6.54 Å². The molecule has 0 bridgehead atoms. The average Bonchev–Trinajstić information content (AvgIpc) is 3.10. The van der Waals surface area contributed by atoms with E-state index in [0.29, 0.717) is 24.9 Å². The van der Waals surface area contributed by atoms with Crippen molar-refractivity contribution in [2.24, 2.45) is 0 Å². The second-order valence-electron chi connectivity index (χ2n) is 5.53. The summed E-state index contributed by atoms with van der Waals surface area (Å²) >= 11 is 0. The molecule has 0 spiro atoms. The Labute approximate surface area is 146 Å². The van der Waals surface area contributed by atoms with Gasteiger partial charge in [-0.2, -0.15) is 4.98 Å². The van der Waals surface area contributed by atoms with Crippen molar-refractivity contribution in [3.63, 3.8) is 0 Å². The number of hydrogen-bond donors (Lipinski definition) is 1. The molecule has 0 aliphatic carbocycles. The Kier molecular flexibility index (Phi) is 5.18. The number of rotatable bonds is 7. The summed E-state index contributed by atoms with van der Waals surface area (Å²) in [6, 6.07) is 13.6. The van der Waals surface area contributed by atoms with Crippen LogP contribution in [0.2, 0.25) is 0 Å². The summed E-state index contributed by atoms with van der Waals surface area (Å²) in [4.78, 5) is 4.43. The number of anilines is 1. The fourth-order valence-corrected chi connectivity index (χ4v) is 2.44. The first-order valence-electron chi connectivity index (χ1n) is 8.14. The molecule has 1 heterocycles. The SMILES string of the molecule is CCOc1ccc(-c2noc(CNc3cc(C)ccc3OC)n2)cc1. The summed E-state index contributed by atoms with van der Waals surface area (Å²) < 4.78 is 16.1. The highest BCUT2D eigenvalue weighted by Gasteiger charge is 2.10. The van der Waals surface area contributed by atoms with Crippen LogP contribution in [-0.4, -0.2) is 23.9 Å². The molecule has 0 atom stereocenters. The van der Waals surface area contributed by atoms with Gasteiger partial charge in [-0.05, 0) is 55.8 Å². The first-order chi connectivity index (χ1) is 12.2. The molecule has 0 aliphatic rings. The standard InChI is InChI=1S/C19H21N3O3/c1-4-24-15-8-6-14(7-9-15)19-21-18(25-22-19)12-20-16-11-13(2)5-10-17(16)23-3/h5-11,20H,4,12H2,1-3H3. The van der Waals surface area contributed by atoms with E-state index in [1.54, 1.807) is 7.11 Å². The van der Waals surface area contributed by atoms with Crippen molar-refractivity contribution in [3.8, 4) is 22.9 Å². The summed E-state index contributed by atoms with van der Waals surface area (Å²) in [6.45, 7) is 5.04. The van der Waals surface area contributed by atoms with Crippen molar-refractivity contribution in [2.45, 2.75) is 20.4 Å². The first-order valence-corrected chi connectivity index (χ1v) is 8.14. The molecular weight excluding hydrogens is 318 g/mol. The highest BCUT2D eigenvalue weighted by molar-refractivity contribution is 5.58. The molecule has 6 heteroatoms. The minimum atomic E-state index is 0.420. The lowest BCUT2D eigenvalue weighted by Crippen LogP contribution is -2.02. The Balaban J connectivity index is 1.68. The molecule has 25 heavy (non-hydrogen) atoms. The third-order valence-electron chi connectivity index (χ3n) is 3.68. The van der Waals surface area contributed by atoms with Crippen molar-refractivity contribution in [3.05, 3.63) is 53.9 Å². The third-order valence-corrected chi connectivity index (χ3v) is 3.68. The number of ether oxygens (including phenoxy) is 2. The predicted molar refractivity (Wildman–Crippen MR) is 96.0 cm³/mol. The number of aryl methyl sites for hydroxylation is 1. The van der Waals surface area contributed by atoms with E-state index in [1.807, 2.05) is 56.3 Å². The topological polar surface area (TPSA) is 69.4 Å². The molecule has 0 fully saturated rings. The quantitative estimate of drug-likeness (QED) is 0.700. The highest BCUT2D eigenvalue weighted by atomic mass is 16.5. The van der Waals surface area contributed by atoms with E-state index in [0.717, 1.165) is 28.3 Å². The van der Waals surface area contributed by atoms with Crippen LogP contribution in [0, 0.1) is 6.92 Å². The second-order valence-corrected chi connectivity index (χ2v) is 5.53. The van der Waals surface area contributed by atoms with E-state index in [2.05, 4.69) is 15.5 Å². The molecule has 0 saturated heterocycles. The molecule has 0 unspecified atom stereocenters. The van der Waals surface area contributed by atoms with Crippen molar-refractivity contribution < 1.29 is 14.0 Å². The van der Waals surface area contributed by atoms with Crippen molar-refractivity contribution in [1.82, 2.24) is 10.1 Å². The molecule has 2 aromatic carbocycles. The lowest BCUT2D eigenvalue weighted by molar-refractivity contribution is 0.340. The molecule has 1 N–H and O–H groups in total. The third kappa shape index (κ3) is 4.09.